The van der Waals surface area contributed by atoms with Crippen LogP contribution in [0, 0.1) is 11.8 Å². The molecule has 0 bridgehead atoms. The number of methoxy groups -OCH3 is 1. The maximum atomic E-state index is 11.8. The van der Waals surface area contributed by atoms with E-state index < -0.39 is 0 Å². The summed E-state index contributed by atoms with van der Waals surface area (Å²) in [6.45, 7) is 3.59. The van der Waals surface area contributed by atoms with Gasteiger partial charge < -0.3 is 14.2 Å². The second-order valence-corrected chi connectivity index (χ2v) is 6.39. The highest BCUT2D eigenvalue weighted by molar-refractivity contribution is 5.89. The van der Waals surface area contributed by atoms with E-state index in [0.29, 0.717) is 12.2 Å². The zero-order valence-corrected chi connectivity index (χ0v) is 16.7. The summed E-state index contributed by atoms with van der Waals surface area (Å²) >= 11 is 0. The summed E-state index contributed by atoms with van der Waals surface area (Å²) in [4.78, 5) is 11.8. The first-order valence-electron chi connectivity index (χ1n) is 9.74. The standard InChI is InChI=1S/C24H28O4/c1-3-4-5-6-17-27-23-15-11-21(12-16-23)8-7-20-9-13-22(14-10-20)24(25)28-19-18-26-2/h9-16H,3-6,17-19H2,1-2H3. The molecule has 0 aliphatic heterocycles. The molecule has 4 nitrogen and oxygen atoms in total. The Hall–Kier alpha value is -2.77. The third-order valence-electron chi connectivity index (χ3n) is 4.11. The van der Waals surface area contributed by atoms with Crippen LogP contribution in [-0.4, -0.2) is 32.9 Å². The minimum absolute atomic E-state index is 0.245. The highest BCUT2D eigenvalue weighted by Crippen LogP contribution is 2.13. The maximum Gasteiger partial charge on any atom is 0.338 e. The number of unbranched alkanes of at least 4 members (excludes halogenated alkanes) is 3. The van der Waals surface area contributed by atoms with Crippen molar-refractivity contribution in [2.75, 3.05) is 26.9 Å². The van der Waals surface area contributed by atoms with Crippen LogP contribution in [0.25, 0.3) is 0 Å². The van der Waals surface area contributed by atoms with Crippen molar-refractivity contribution < 1.29 is 19.0 Å². The third kappa shape index (κ3) is 7.85. The van der Waals surface area contributed by atoms with Gasteiger partial charge in [-0.2, -0.15) is 0 Å². The zero-order chi connectivity index (χ0) is 20.0. The van der Waals surface area contributed by atoms with Crippen molar-refractivity contribution in [1.82, 2.24) is 0 Å². The van der Waals surface area contributed by atoms with Gasteiger partial charge in [0.05, 0.1) is 18.8 Å². The quantitative estimate of drug-likeness (QED) is 0.336. The Morgan fingerprint density at radius 2 is 1.46 bits per heavy atom. The molecule has 0 unspecified atom stereocenters. The number of rotatable bonds is 10. The van der Waals surface area contributed by atoms with Crippen LogP contribution in [0.1, 0.15) is 54.1 Å². The summed E-state index contributed by atoms with van der Waals surface area (Å²) < 4.78 is 15.7. The Kier molecular flexibility index (Phi) is 9.68. The van der Waals surface area contributed by atoms with E-state index in [2.05, 4.69) is 18.8 Å². The monoisotopic (exact) mass is 380 g/mol. The zero-order valence-electron chi connectivity index (χ0n) is 16.7. The average molecular weight is 380 g/mol. The number of benzene rings is 2. The smallest absolute Gasteiger partial charge is 0.338 e. The van der Waals surface area contributed by atoms with Gasteiger partial charge in [-0.3, -0.25) is 0 Å². The van der Waals surface area contributed by atoms with Crippen LogP contribution in [-0.2, 0) is 9.47 Å². The molecular weight excluding hydrogens is 352 g/mol. The second-order valence-electron chi connectivity index (χ2n) is 6.39. The van der Waals surface area contributed by atoms with Gasteiger partial charge in [0.25, 0.3) is 0 Å². The molecule has 0 saturated carbocycles. The lowest BCUT2D eigenvalue weighted by molar-refractivity contribution is 0.0388. The molecule has 0 atom stereocenters. The molecular formula is C24H28O4. The number of ether oxygens (including phenoxy) is 3. The first-order chi connectivity index (χ1) is 13.7. The normalized spacial score (nSPS) is 10.1. The van der Waals surface area contributed by atoms with Gasteiger partial charge in [0.15, 0.2) is 0 Å². The second kappa shape index (κ2) is 12.6. The molecule has 28 heavy (non-hydrogen) atoms. The van der Waals surface area contributed by atoms with Crippen LogP contribution in [0.3, 0.4) is 0 Å². The minimum atomic E-state index is -0.359. The number of esters is 1. The largest absolute Gasteiger partial charge is 0.494 e. The van der Waals surface area contributed by atoms with Crippen LogP contribution in [0.2, 0.25) is 0 Å². The van der Waals surface area contributed by atoms with Gasteiger partial charge in [-0.25, -0.2) is 4.79 Å². The molecule has 0 aliphatic rings. The van der Waals surface area contributed by atoms with Gasteiger partial charge in [-0.15, -0.1) is 0 Å². The molecule has 2 rings (SSSR count). The molecule has 0 amide bonds. The van der Waals surface area contributed by atoms with Gasteiger partial charge in [0.2, 0.25) is 0 Å². The molecule has 0 heterocycles. The van der Waals surface area contributed by atoms with Crippen molar-refractivity contribution in [2.24, 2.45) is 0 Å². The van der Waals surface area contributed by atoms with Crippen LogP contribution >= 0.6 is 0 Å². The molecule has 0 radical (unpaired) electrons. The van der Waals surface area contributed by atoms with E-state index in [1.807, 2.05) is 36.4 Å². The van der Waals surface area contributed by atoms with Crippen molar-refractivity contribution in [2.45, 2.75) is 32.6 Å². The first-order valence-corrected chi connectivity index (χ1v) is 9.74. The van der Waals surface area contributed by atoms with Crippen LogP contribution in [0.5, 0.6) is 5.75 Å². The van der Waals surface area contributed by atoms with Crippen LogP contribution < -0.4 is 4.74 Å². The fourth-order valence-corrected chi connectivity index (χ4v) is 2.49. The molecule has 0 spiro atoms. The molecule has 0 saturated heterocycles. The molecule has 0 aliphatic carbocycles. The Labute approximate surface area is 167 Å². The fourth-order valence-electron chi connectivity index (χ4n) is 2.49. The summed E-state index contributed by atoms with van der Waals surface area (Å²) in [5.74, 6) is 6.74. The van der Waals surface area contributed by atoms with E-state index in [1.54, 1.807) is 19.2 Å². The molecule has 4 heteroatoms. The van der Waals surface area contributed by atoms with E-state index >= 15 is 0 Å². The Morgan fingerprint density at radius 1 is 0.821 bits per heavy atom. The van der Waals surface area contributed by atoms with Crippen LogP contribution in [0.15, 0.2) is 48.5 Å². The topological polar surface area (TPSA) is 44.8 Å². The summed E-state index contributed by atoms with van der Waals surface area (Å²) in [6.07, 6.45) is 4.79. The molecule has 148 valence electrons. The Bertz CT molecular complexity index is 767. The lowest BCUT2D eigenvalue weighted by atomic mass is 10.1. The fraction of sp³-hybridized carbons (Fsp3) is 0.375. The summed E-state index contributed by atoms with van der Waals surface area (Å²) in [5, 5.41) is 0. The average Bonchev–Trinajstić information content (AvgIpc) is 2.73. The number of carbonyl (C=O) groups excluding carboxylic acids is 1. The van der Waals surface area contributed by atoms with E-state index in [-0.39, 0.29) is 12.6 Å². The summed E-state index contributed by atoms with van der Waals surface area (Å²) in [7, 11) is 1.57. The minimum Gasteiger partial charge on any atom is -0.494 e. The molecule has 0 aromatic heterocycles. The van der Waals surface area contributed by atoms with E-state index in [0.717, 1.165) is 29.9 Å². The van der Waals surface area contributed by atoms with Gasteiger partial charge >= 0.3 is 5.97 Å². The van der Waals surface area contributed by atoms with Crippen molar-refractivity contribution in [3.63, 3.8) is 0 Å². The number of hydrogen-bond acceptors (Lipinski definition) is 4. The van der Waals surface area contributed by atoms with Crippen molar-refractivity contribution in [3.8, 4) is 17.6 Å². The predicted molar refractivity (Wildman–Crippen MR) is 111 cm³/mol. The van der Waals surface area contributed by atoms with Crippen molar-refractivity contribution in [3.05, 3.63) is 65.2 Å². The van der Waals surface area contributed by atoms with E-state index in [1.165, 1.54) is 19.3 Å². The molecule has 2 aromatic rings. The SMILES string of the molecule is CCCCCCOc1ccc(C#Cc2ccc(C(=O)OCCOC)cc2)cc1. The highest BCUT2D eigenvalue weighted by Gasteiger charge is 2.05. The van der Waals surface area contributed by atoms with E-state index in [9.17, 15) is 4.79 Å². The number of carbonyl (C=O) groups is 1. The lowest BCUT2D eigenvalue weighted by Crippen LogP contribution is -2.09. The predicted octanol–water partition coefficient (Wildman–Crippen LogP) is 4.85. The molecule has 0 N–H and O–H groups in total. The first kappa shape index (κ1) is 21.5. The van der Waals surface area contributed by atoms with E-state index in [4.69, 9.17) is 14.2 Å². The van der Waals surface area contributed by atoms with Crippen molar-refractivity contribution in [1.29, 1.82) is 0 Å². The third-order valence-corrected chi connectivity index (χ3v) is 4.11. The van der Waals surface area contributed by atoms with Gasteiger partial charge in [-0.05, 0) is 55.0 Å². The number of hydrogen-bond donors (Lipinski definition) is 0. The molecule has 2 aromatic carbocycles. The highest BCUT2D eigenvalue weighted by atomic mass is 16.6. The molecule has 0 fully saturated rings. The van der Waals surface area contributed by atoms with Gasteiger partial charge in [0.1, 0.15) is 12.4 Å². The van der Waals surface area contributed by atoms with Gasteiger partial charge in [0, 0.05) is 18.2 Å². The van der Waals surface area contributed by atoms with Gasteiger partial charge in [-0.1, -0.05) is 38.0 Å². The van der Waals surface area contributed by atoms with Crippen LogP contribution in [0.4, 0.5) is 0 Å². The Balaban J connectivity index is 1.84. The maximum absolute atomic E-state index is 11.8. The lowest BCUT2D eigenvalue weighted by Gasteiger charge is -2.05. The summed E-state index contributed by atoms with van der Waals surface area (Å²) in [6, 6.07) is 14.9. The van der Waals surface area contributed by atoms with Crippen molar-refractivity contribution >= 4 is 5.97 Å². The summed E-state index contributed by atoms with van der Waals surface area (Å²) in [5.41, 5.74) is 2.26. The Morgan fingerprint density at radius 3 is 2.07 bits per heavy atom.